The van der Waals surface area contributed by atoms with Gasteiger partial charge < -0.3 is 10.6 Å². The first kappa shape index (κ1) is 17.3. The lowest BCUT2D eigenvalue weighted by atomic mass is 9.81. The van der Waals surface area contributed by atoms with Crippen LogP contribution >= 0.6 is 0 Å². The first-order chi connectivity index (χ1) is 10.7. The lowest BCUT2D eigenvalue weighted by Crippen LogP contribution is -2.41. The van der Waals surface area contributed by atoms with Gasteiger partial charge in [0.25, 0.3) is 0 Å². The van der Waals surface area contributed by atoms with Gasteiger partial charge in [-0.25, -0.2) is 0 Å². The molecule has 0 atom stereocenters. The Kier molecular flexibility index (Phi) is 7.20. The summed E-state index contributed by atoms with van der Waals surface area (Å²) in [6.07, 6.45) is 11.8. The van der Waals surface area contributed by atoms with Gasteiger partial charge in [0.05, 0.1) is 0 Å². The smallest absolute Gasteiger partial charge is 0.223 e. The summed E-state index contributed by atoms with van der Waals surface area (Å²) in [4.78, 5) is 24.4. The molecule has 2 rings (SSSR count). The van der Waals surface area contributed by atoms with Crippen LogP contribution < -0.4 is 10.6 Å². The van der Waals surface area contributed by atoms with E-state index in [1.165, 1.54) is 25.7 Å². The van der Waals surface area contributed by atoms with Crippen molar-refractivity contribution in [3.05, 3.63) is 0 Å². The van der Waals surface area contributed by atoms with Gasteiger partial charge in [0, 0.05) is 24.4 Å². The number of nitrogens with one attached hydrogen (secondary N) is 2. The molecular weight excluding hydrogens is 276 g/mol. The van der Waals surface area contributed by atoms with Gasteiger partial charge in [-0.15, -0.1) is 0 Å². The highest BCUT2D eigenvalue weighted by Crippen LogP contribution is 2.29. The number of rotatable bonds is 5. The first-order valence-electron chi connectivity index (χ1n) is 9.28. The molecular formula is C18H32N2O2. The van der Waals surface area contributed by atoms with Crippen LogP contribution in [0.15, 0.2) is 0 Å². The fourth-order valence-corrected chi connectivity index (χ4v) is 3.75. The summed E-state index contributed by atoms with van der Waals surface area (Å²) in [5, 5.41) is 6.25. The van der Waals surface area contributed by atoms with E-state index in [1.807, 2.05) is 0 Å². The average Bonchev–Trinajstić information content (AvgIpc) is 2.81. The maximum Gasteiger partial charge on any atom is 0.223 e. The molecule has 0 unspecified atom stereocenters. The Hall–Kier alpha value is -1.06. The third-order valence-electron chi connectivity index (χ3n) is 5.22. The summed E-state index contributed by atoms with van der Waals surface area (Å²) in [6.45, 7) is 2.83. The second-order valence-corrected chi connectivity index (χ2v) is 7.04. The van der Waals surface area contributed by atoms with Crippen LogP contribution in [0, 0.1) is 11.8 Å². The van der Waals surface area contributed by atoms with Crippen molar-refractivity contribution in [1.29, 1.82) is 0 Å². The van der Waals surface area contributed by atoms with Gasteiger partial charge in [-0.2, -0.15) is 0 Å². The van der Waals surface area contributed by atoms with Crippen LogP contribution in [0.1, 0.15) is 77.6 Å². The summed E-state index contributed by atoms with van der Waals surface area (Å²) in [5.74, 6) is 0.663. The van der Waals surface area contributed by atoms with Crippen molar-refractivity contribution in [1.82, 2.24) is 10.6 Å². The number of carbonyl (C=O) groups excluding carboxylic acids is 2. The van der Waals surface area contributed by atoms with E-state index in [-0.39, 0.29) is 23.7 Å². The molecule has 0 heterocycles. The lowest BCUT2D eigenvalue weighted by Gasteiger charge is -2.28. The molecule has 4 heteroatoms. The number of carbonyl (C=O) groups is 2. The van der Waals surface area contributed by atoms with Gasteiger partial charge >= 0.3 is 0 Å². The standard InChI is InChI=1S/C18H32N2O2/c1-2-13-19-17(21)14-9-11-15(12-10-14)18(22)20-16-7-5-3-4-6-8-16/h14-16H,2-13H2,1H3,(H,19,21)(H,20,22). The van der Waals surface area contributed by atoms with E-state index in [0.29, 0.717) is 6.04 Å². The van der Waals surface area contributed by atoms with Crippen molar-refractivity contribution in [3.8, 4) is 0 Å². The minimum absolute atomic E-state index is 0.119. The highest BCUT2D eigenvalue weighted by atomic mass is 16.2. The van der Waals surface area contributed by atoms with E-state index in [4.69, 9.17) is 0 Å². The van der Waals surface area contributed by atoms with Crippen LogP contribution in [0.2, 0.25) is 0 Å². The average molecular weight is 308 g/mol. The Bertz CT molecular complexity index is 354. The highest BCUT2D eigenvalue weighted by Gasteiger charge is 2.30. The fourth-order valence-electron chi connectivity index (χ4n) is 3.75. The van der Waals surface area contributed by atoms with Gasteiger partial charge in [0.1, 0.15) is 0 Å². The van der Waals surface area contributed by atoms with Crippen molar-refractivity contribution < 1.29 is 9.59 Å². The molecule has 2 aliphatic rings. The normalized spacial score (nSPS) is 27.0. The maximum absolute atomic E-state index is 12.4. The Balaban J connectivity index is 1.71. The summed E-state index contributed by atoms with van der Waals surface area (Å²) in [5.41, 5.74) is 0. The van der Waals surface area contributed by atoms with Crippen molar-refractivity contribution in [2.24, 2.45) is 11.8 Å². The highest BCUT2D eigenvalue weighted by molar-refractivity contribution is 5.81. The van der Waals surface area contributed by atoms with Crippen molar-refractivity contribution in [2.45, 2.75) is 83.6 Å². The van der Waals surface area contributed by atoms with Crippen LogP contribution in [-0.4, -0.2) is 24.4 Å². The first-order valence-corrected chi connectivity index (χ1v) is 9.28. The third kappa shape index (κ3) is 5.29. The van der Waals surface area contributed by atoms with Gasteiger partial charge in [0.2, 0.25) is 11.8 Å². The molecule has 0 radical (unpaired) electrons. The molecule has 0 aromatic heterocycles. The summed E-state index contributed by atoms with van der Waals surface area (Å²) in [6, 6.07) is 0.389. The molecule has 0 aromatic rings. The largest absolute Gasteiger partial charge is 0.356 e. The van der Waals surface area contributed by atoms with Gasteiger partial charge in [-0.05, 0) is 44.9 Å². The lowest BCUT2D eigenvalue weighted by molar-refractivity contribution is -0.131. The molecule has 0 spiro atoms. The summed E-state index contributed by atoms with van der Waals surface area (Å²) < 4.78 is 0. The molecule has 4 nitrogen and oxygen atoms in total. The molecule has 0 aliphatic heterocycles. The Labute approximate surface area is 134 Å². The summed E-state index contributed by atoms with van der Waals surface area (Å²) >= 11 is 0. The van der Waals surface area contributed by atoms with Gasteiger partial charge in [-0.1, -0.05) is 32.6 Å². The van der Waals surface area contributed by atoms with Crippen molar-refractivity contribution in [3.63, 3.8) is 0 Å². The molecule has 22 heavy (non-hydrogen) atoms. The van der Waals surface area contributed by atoms with E-state index in [9.17, 15) is 9.59 Å². The van der Waals surface area contributed by atoms with Crippen LogP contribution in [0.3, 0.4) is 0 Å². The Morgan fingerprint density at radius 1 is 0.818 bits per heavy atom. The maximum atomic E-state index is 12.4. The van der Waals surface area contributed by atoms with E-state index < -0.39 is 0 Å². The zero-order valence-corrected chi connectivity index (χ0v) is 14.0. The quantitative estimate of drug-likeness (QED) is 0.767. The van der Waals surface area contributed by atoms with Crippen LogP contribution in [-0.2, 0) is 9.59 Å². The molecule has 0 saturated heterocycles. The van der Waals surface area contributed by atoms with E-state index in [2.05, 4.69) is 17.6 Å². The van der Waals surface area contributed by atoms with E-state index in [0.717, 1.165) is 51.5 Å². The molecule has 2 fully saturated rings. The second-order valence-electron chi connectivity index (χ2n) is 7.04. The second kappa shape index (κ2) is 9.16. The Morgan fingerprint density at radius 3 is 1.91 bits per heavy atom. The zero-order valence-electron chi connectivity index (χ0n) is 14.0. The third-order valence-corrected chi connectivity index (χ3v) is 5.22. The van der Waals surface area contributed by atoms with E-state index >= 15 is 0 Å². The molecule has 0 aromatic carbocycles. The molecule has 2 amide bonds. The monoisotopic (exact) mass is 308 g/mol. The van der Waals surface area contributed by atoms with Crippen LogP contribution in [0.5, 0.6) is 0 Å². The minimum Gasteiger partial charge on any atom is -0.356 e. The van der Waals surface area contributed by atoms with E-state index in [1.54, 1.807) is 0 Å². The van der Waals surface area contributed by atoms with Crippen LogP contribution in [0.4, 0.5) is 0 Å². The van der Waals surface area contributed by atoms with Crippen LogP contribution in [0.25, 0.3) is 0 Å². The predicted octanol–water partition coefficient (Wildman–Crippen LogP) is 3.16. The Morgan fingerprint density at radius 2 is 1.36 bits per heavy atom. The van der Waals surface area contributed by atoms with Crippen molar-refractivity contribution >= 4 is 11.8 Å². The SMILES string of the molecule is CCCNC(=O)C1CCC(C(=O)NC2CCCCCC2)CC1. The number of amides is 2. The minimum atomic E-state index is 0.119. The topological polar surface area (TPSA) is 58.2 Å². The molecule has 2 saturated carbocycles. The predicted molar refractivity (Wildman–Crippen MR) is 88.4 cm³/mol. The number of hydrogen-bond acceptors (Lipinski definition) is 2. The number of hydrogen-bond donors (Lipinski definition) is 2. The zero-order chi connectivity index (χ0) is 15.8. The van der Waals surface area contributed by atoms with Crippen molar-refractivity contribution in [2.75, 3.05) is 6.54 Å². The molecule has 2 aliphatic carbocycles. The molecule has 126 valence electrons. The van der Waals surface area contributed by atoms with Gasteiger partial charge in [-0.3, -0.25) is 9.59 Å². The van der Waals surface area contributed by atoms with Gasteiger partial charge in [0.15, 0.2) is 0 Å². The molecule has 2 N–H and O–H groups in total. The summed E-state index contributed by atoms with van der Waals surface area (Å²) in [7, 11) is 0. The fraction of sp³-hybridized carbons (Fsp3) is 0.889. The molecule has 0 bridgehead atoms.